The van der Waals surface area contributed by atoms with Gasteiger partial charge in [0.2, 0.25) is 0 Å². The summed E-state index contributed by atoms with van der Waals surface area (Å²) in [5.41, 5.74) is 11.9. The van der Waals surface area contributed by atoms with Crippen LogP contribution in [0.4, 0.5) is 0 Å². The molecule has 10 rings (SSSR count). The van der Waals surface area contributed by atoms with Crippen molar-refractivity contribution in [3.63, 3.8) is 0 Å². The first-order valence-electron chi connectivity index (χ1n) is 15.5. The van der Waals surface area contributed by atoms with Crippen molar-refractivity contribution in [3.8, 4) is 28.3 Å². The van der Waals surface area contributed by atoms with Crippen molar-refractivity contribution in [2.75, 3.05) is 0 Å². The van der Waals surface area contributed by atoms with Gasteiger partial charge in [0.05, 0.1) is 27.6 Å². The Kier molecular flexibility index (Phi) is 4.76. The summed E-state index contributed by atoms with van der Waals surface area (Å²) in [4.78, 5) is 14.3. The van der Waals surface area contributed by atoms with Crippen molar-refractivity contribution in [2.24, 2.45) is 0 Å². The third kappa shape index (κ3) is 3.21. The number of nitrogens with one attached hydrogen (secondary N) is 1. The molecule has 0 saturated heterocycles. The van der Waals surface area contributed by atoms with Gasteiger partial charge in [-0.25, -0.2) is 9.97 Å². The van der Waals surface area contributed by atoms with Crippen LogP contribution in [0, 0.1) is 0 Å². The molecule has 212 valence electrons. The summed E-state index contributed by atoms with van der Waals surface area (Å²) in [5.74, 6) is 1.61. The molecule has 0 fully saturated rings. The van der Waals surface area contributed by atoms with E-state index in [1.54, 1.807) is 0 Å². The van der Waals surface area contributed by atoms with E-state index in [9.17, 15) is 0 Å². The minimum absolute atomic E-state index is 0.104. The summed E-state index contributed by atoms with van der Waals surface area (Å²) >= 11 is 0. The van der Waals surface area contributed by atoms with Crippen molar-refractivity contribution in [1.82, 2.24) is 19.5 Å². The van der Waals surface area contributed by atoms with Crippen LogP contribution in [0.3, 0.4) is 0 Å². The van der Waals surface area contributed by atoms with Crippen LogP contribution in [0.15, 0.2) is 127 Å². The number of nitrogens with zero attached hydrogens (tertiary/aromatic N) is 3. The third-order valence-electron chi connectivity index (χ3n) is 9.93. The molecule has 3 heterocycles. The molecule has 1 N–H and O–H groups in total. The highest BCUT2D eigenvalue weighted by atomic mass is 15.1. The number of aromatic amines is 1. The van der Waals surface area contributed by atoms with Gasteiger partial charge in [0, 0.05) is 37.9 Å². The second-order valence-electron chi connectivity index (χ2n) is 12.7. The molecule has 4 nitrogen and oxygen atoms in total. The van der Waals surface area contributed by atoms with Crippen LogP contribution in [0.2, 0.25) is 0 Å². The lowest BCUT2D eigenvalue weighted by Crippen LogP contribution is -2.15. The highest BCUT2D eigenvalue weighted by molar-refractivity contribution is 6.26. The molecule has 0 amide bonds. The second kappa shape index (κ2) is 8.67. The van der Waals surface area contributed by atoms with E-state index < -0.39 is 0 Å². The molecule has 9 aromatic rings. The van der Waals surface area contributed by atoms with Crippen molar-refractivity contribution in [3.05, 3.63) is 139 Å². The molecular formula is C41H28N4. The number of fused-ring (bicyclic) bond motifs is 12. The molecule has 45 heavy (non-hydrogen) atoms. The molecule has 0 atom stereocenters. The highest BCUT2D eigenvalue weighted by Crippen LogP contribution is 2.52. The number of hydrogen-bond donors (Lipinski definition) is 1. The van der Waals surface area contributed by atoms with E-state index in [0.29, 0.717) is 0 Å². The molecule has 0 radical (unpaired) electrons. The summed E-state index contributed by atoms with van der Waals surface area (Å²) in [6.45, 7) is 4.71. The molecule has 4 heteroatoms. The smallest absolute Gasteiger partial charge is 0.162 e. The molecule has 6 aromatic carbocycles. The maximum absolute atomic E-state index is 5.27. The first-order chi connectivity index (χ1) is 22.1. The van der Waals surface area contributed by atoms with E-state index in [-0.39, 0.29) is 5.41 Å². The van der Waals surface area contributed by atoms with E-state index in [1.807, 2.05) is 24.3 Å². The maximum atomic E-state index is 5.27. The Morgan fingerprint density at radius 3 is 2.16 bits per heavy atom. The predicted molar refractivity (Wildman–Crippen MR) is 186 cm³/mol. The first kappa shape index (κ1) is 24.7. The molecule has 1 aliphatic carbocycles. The molecule has 1 aliphatic rings. The van der Waals surface area contributed by atoms with Crippen molar-refractivity contribution in [2.45, 2.75) is 19.3 Å². The lowest BCUT2D eigenvalue weighted by atomic mass is 9.81. The van der Waals surface area contributed by atoms with Crippen LogP contribution in [-0.2, 0) is 5.41 Å². The number of aromatic nitrogens is 4. The summed E-state index contributed by atoms with van der Waals surface area (Å²) < 4.78 is 2.33. The van der Waals surface area contributed by atoms with Crippen LogP contribution in [0.1, 0.15) is 25.0 Å². The maximum Gasteiger partial charge on any atom is 0.162 e. The average Bonchev–Trinajstić information content (AvgIpc) is 3.70. The van der Waals surface area contributed by atoms with E-state index in [4.69, 9.17) is 9.97 Å². The Hall–Kier alpha value is -5.74. The van der Waals surface area contributed by atoms with E-state index in [0.717, 1.165) is 39.1 Å². The van der Waals surface area contributed by atoms with Crippen LogP contribution in [0.5, 0.6) is 0 Å². The number of rotatable bonds is 2. The first-order valence-corrected chi connectivity index (χ1v) is 15.5. The SMILES string of the molecule is CC1(C)c2ccccc2-c2ccc3c([nH]c4c3ccc3c4c4ccccc4n3-c3nc(-c4ccccc4)nc4ccccc34)c21. The van der Waals surface area contributed by atoms with Gasteiger partial charge < -0.3 is 4.98 Å². The van der Waals surface area contributed by atoms with E-state index in [2.05, 4.69) is 127 Å². The lowest BCUT2D eigenvalue weighted by molar-refractivity contribution is 0.665. The minimum atomic E-state index is -0.104. The largest absolute Gasteiger partial charge is 0.354 e. The Balaban J connectivity index is 1.33. The molecule has 3 aromatic heterocycles. The van der Waals surface area contributed by atoms with Crippen LogP contribution in [0.25, 0.3) is 82.8 Å². The molecule has 0 aliphatic heterocycles. The van der Waals surface area contributed by atoms with Gasteiger partial charge in [0.1, 0.15) is 5.82 Å². The topological polar surface area (TPSA) is 46.5 Å². The summed E-state index contributed by atoms with van der Waals surface area (Å²) in [5, 5.41) is 5.95. The molecule has 0 bridgehead atoms. The van der Waals surface area contributed by atoms with Gasteiger partial charge in [-0.15, -0.1) is 0 Å². The molecule has 0 saturated carbocycles. The van der Waals surface area contributed by atoms with Gasteiger partial charge in [-0.2, -0.15) is 0 Å². The zero-order valence-electron chi connectivity index (χ0n) is 25.0. The van der Waals surface area contributed by atoms with Crippen LogP contribution in [-0.4, -0.2) is 19.5 Å². The van der Waals surface area contributed by atoms with Crippen molar-refractivity contribution in [1.29, 1.82) is 0 Å². The van der Waals surface area contributed by atoms with Gasteiger partial charge in [-0.05, 0) is 46.5 Å². The van der Waals surface area contributed by atoms with Gasteiger partial charge in [0.15, 0.2) is 5.82 Å². The molecule has 0 unspecified atom stereocenters. The van der Waals surface area contributed by atoms with E-state index in [1.165, 1.54) is 54.8 Å². The number of para-hydroxylation sites is 2. The minimum Gasteiger partial charge on any atom is -0.354 e. The monoisotopic (exact) mass is 576 g/mol. The molecular weight excluding hydrogens is 548 g/mol. The summed E-state index contributed by atoms with van der Waals surface area (Å²) in [6.07, 6.45) is 0. The average molecular weight is 577 g/mol. The third-order valence-corrected chi connectivity index (χ3v) is 9.93. The number of benzene rings is 6. The Labute approximate surface area is 259 Å². The Bertz CT molecular complexity index is 2670. The van der Waals surface area contributed by atoms with Gasteiger partial charge in [-0.3, -0.25) is 4.57 Å². The van der Waals surface area contributed by atoms with Gasteiger partial charge in [0.25, 0.3) is 0 Å². The summed E-state index contributed by atoms with van der Waals surface area (Å²) in [6, 6.07) is 45.3. The van der Waals surface area contributed by atoms with Crippen LogP contribution >= 0.6 is 0 Å². The zero-order chi connectivity index (χ0) is 29.9. The summed E-state index contributed by atoms with van der Waals surface area (Å²) in [7, 11) is 0. The van der Waals surface area contributed by atoms with Crippen molar-refractivity contribution < 1.29 is 0 Å². The fourth-order valence-electron chi connectivity index (χ4n) is 7.94. The second-order valence-corrected chi connectivity index (χ2v) is 12.7. The van der Waals surface area contributed by atoms with Gasteiger partial charge >= 0.3 is 0 Å². The van der Waals surface area contributed by atoms with Crippen LogP contribution < -0.4 is 0 Å². The van der Waals surface area contributed by atoms with Crippen molar-refractivity contribution >= 4 is 54.5 Å². The number of H-pyrrole nitrogens is 1. The Morgan fingerprint density at radius 2 is 1.27 bits per heavy atom. The quantitative estimate of drug-likeness (QED) is 0.223. The lowest BCUT2D eigenvalue weighted by Gasteiger charge is -2.22. The number of hydrogen-bond acceptors (Lipinski definition) is 2. The Morgan fingerprint density at radius 1 is 0.556 bits per heavy atom. The highest BCUT2D eigenvalue weighted by Gasteiger charge is 2.37. The zero-order valence-corrected chi connectivity index (χ0v) is 25.0. The van der Waals surface area contributed by atoms with E-state index >= 15 is 0 Å². The fourth-order valence-corrected chi connectivity index (χ4v) is 7.94. The predicted octanol–water partition coefficient (Wildman–Crippen LogP) is 10.3. The fraction of sp³-hybridized carbons (Fsp3) is 0.0732. The standard InChI is InChI=1S/C41H28N4/c1-41(2)31-17-9-6-14-25(31)26-20-21-28-27-22-23-34-35(37(27)43-38(28)36(26)41)30-16-8-11-19-33(30)45(34)40-29-15-7-10-18-32(29)42-39(44-40)24-12-4-3-5-13-24/h3-23,43H,1-2H3. The van der Waals surface area contributed by atoms with Gasteiger partial charge in [-0.1, -0.05) is 117 Å². The molecule has 0 spiro atoms. The normalized spacial score (nSPS) is 13.7.